The van der Waals surface area contributed by atoms with E-state index < -0.39 is 6.10 Å². The maximum absolute atomic E-state index is 10.1. The van der Waals surface area contributed by atoms with Gasteiger partial charge in [0.25, 0.3) is 0 Å². The molecule has 88 valence electrons. The Labute approximate surface area is 95.0 Å². The second kappa shape index (κ2) is 4.72. The van der Waals surface area contributed by atoms with E-state index in [1.807, 2.05) is 25.1 Å². The number of aliphatic hydroxyl groups excluding tert-OH is 1. The Balaban J connectivity index is 2.20. The lowest BCUT2D eigenvalue weighted by Gasteiger charge is -2.20. The Kier molecular flexibility index (Phi) is 3.31. The Bertz CT molecular complexity index is 363. The predicted molar refractivity (Wildman–Crippen MR) is 60.4 cm³/mol. The lowest BCUT2D eigenvalue weighted by Crippen LogP contribution is -2.21. The molecule has 2 atom stereocenters. The Morgan fingerprint density at radius 1 is 1.38 bits per heavy atom. The molecular weight excluding hydrogens is 206 g/mol. The average Bonchev–Trinajstić information content (AvgIpc) is 2.77. The molecule has 0 saturated carbocycles. The fourth-order valence-electron chi connectivity index (χ4n) is 1.89. The minimum Gasteiger partial charge on any atom is -0.454 e. The van der Waals surface area contributed by atoms with Crippen molar-refractivity contribution in [2.24, 2.45) is 11.7 Å². The number of benzene rings is 1. The van der Waals surface area contributed by atoms with E-state index in [0.29, 0.717) is 12.3 Å². The Hall–Kier alpha value is -1.26. The van der Waals surface area contributed by atoms with Crippen LogP contribution in [0.1, 0.15) is 25.0 Å². The molecule has 3 N–H and O–H groups in total. The van der Waals surface area contributed by atoms with Crippen LogP contribution < -0.4 is 15.2 Å². The number of hydrogen-bond donors (Lipinski definition) is 2. The number of hydrogen-bond acceptors (Lipinski definition) is 4. The first-order valence-electron chi connectivity index (χ1n) is 5.54. The normalized spacial score (nSPS) is 17.2. The topological polar surface area (TPSA) is 64.7 Å². The molecule has 0 spiro atoms. The van der Waals surface area contributed by atoms with E-state index in [1.165, 1.54) is 0 Å². The first kappa shape index (κ1) is 11.2. The molecule has 0 amide bonds. The second-order valence-electron chi connectivity index (χ2n) is 3.96. The molecule has 0 bridgehead atoms. The van der Waals surface area contributed by atoms with Crippen molar-refractivity contribution in [3.05, 3.63) is 23.8 Å². The van der Waals surface area contributed by atoms with Crippen molar-refractivity contribution in [2.45, 2.75) is 19.4 Å². The summed E-state index contributed by atoms with van der Waals surface area (Å²) in [6, 6.07) is 5.51. The van der Waals surface area contributed by atoms with Crippen LogP contribution in [0.15, 0.2) is 18.2 Å². The number of ether oxygens (including phenoxy) is 2. The molecule has 4 nitrogen and oxygen atoms in total. The third kappa shape index (κ3) is 1.99. The molecule has 1 aliphatic heterocycles. The molecule has 0 aliphatic carbocycles. The molecule has 0 radical (unpaired) electrons. The predicted octanol–water partition coefficient (Wildman–Crippen LogP) is 1.43. The van der Waals surface area contributed by atoms with E-state index in [1.54, 1.807) is 0 Å². The van der Waals surface area contributed by atoms with E-state index in [9.17, 15) is 5.11 Å². The van der Waals surface area contributed by atoms with Crippen LogP contribution in [-0.2, 0) is 0 Å². The van der Waals surface area contributed by atoms with Crippen LogP contribution in [0.3, 0.4) is 0 Å². The summed E-state index contributed by atoms with van der Waals surface area (Å²) in [6.45, 7) is 2.75. The Morgan fingerprint density at radius 3 is 2.81 bits per heavy atom. The van der Waals surface area contributed by atoms with Gasteiger partial charge in [-0.3, -0.25) is 0 Å². The molecule has 4 heteroatoms. The molecular formula is C12H17NO3. The molecule has 1 aliphatic rings. The summed E-state index contributed by atoms with van der Waals surface area (Å²) in [5.74, 6) is 1.51. The summed E-state index contributed by atoms with van der Waals surface area (Å²) in [5, 5.41) is 10.1. The van der Waals surface area contributed by atoms with Crippen LogP contribution in [0.5, 0.6) is 11.5 Å². The first-order valence-corrected chi connectivity index (χ1v) is 5.54. The summed E-state index contributed by atoms with van der Waals surface area (Å²) >= 11 is 0. The van der Waals surface area contributed by atoms with E-state index in [-0.39, 0.29) is 12.7 Å². The van der Waals surface area contributed by atoms with Crippen LogP contribution in [0.2, 0.25) is 0 Å². The molecule has 1 heterocycles. The van der Waals surface area contributed by atoms with Crippen molar-refractivity contribution in [2.75, 3.05) is 13.3 Å². The molecule has 1 aromatic carbocycles. The van der Waals surface area contributed by atoms with Crippen LogP contribution in [0.4, 0.5) is 0 Å². The van der Waals surface area contributed by atoms with Gasteiger partial charge in [-0.2, -0.15) is 0 Å². The van der Waals surface area contributed by atoms with Crippen molar-refractivity contribution < 1.29 is 14.6 Å². The fourth-order valence-corrected chi connectivity index (χ4v) is 1.89. The summed E-state index contributed by atoms with van der Waals surface area (Å²) in [5.41, 5.74) is 6.45. The highest BCUT2D eigenvalue weighted by Gasteiger charge is 2.21. The van der Waals surface area contributed by atoms with Crippen molar-refractivity contribution in [3.63, 3.8) is 0 Å². The highest BCUT2D eigenvalue weighted by atomic mass is 16.7. The van der Waals surface area contributed by atoms with Gasteiger partial charge in [0, 0.05) is 5.92 Å². The quantitative estimate of drug-likeness (QED) is 0.810. The van der Waals surface area contributed by atoms with Gasteiger partial charge in [-0.1, -0.05) is 13.0 Å². The average molecular weight is 223 g/mol. The van der Waals surface area contributed by atoms with Gasteiger partial charge in [0.1, 0.15) is 0 Å². The second-order valence-corrected chi connectivity index (χ2v) is 3.96. The molecule has 0 aromatic heterocycles. The zero-order valence-corrected chi connectivity index (χ0v) is 9.35. The number of rotatable bonds is 4. The van der Waals surface area contributed by atoms with Crippen molar-refractivity contribution in [1.82, 2.24) is 0 Å². The minimum absolute atomic E-state index is 0.0837. The third-order valence-electron chi connectivity index (χ3n) is 3.01. The molecule has 2 rings (SSSR count). The van der Waals surface area contributed by atoms with Gasteiger partial charge in [-0.15, -0.1) is 0 Å². The molecule has 2 unspecified atom stereocenters. The molecule has 16 heavy (non-hydrogen) atoms. The lowest BCUT2D eigenvalue weighted by atomic mass is 9.93. The third-order valence-corrected chi connectivity index (χ3v) is 3.01. The van der Waals surface area contributed by atoms with Crippen LogP contribution in [0, 0.1) is 5.92 Å². The smallest absolute Gasteiger partial charge is 0.231 e. The monoisotopic (exact) mass is 223 g/mol. The number of fused-ring (bicyclic) bond motifs is 1. The van der Waals surface area contributed by atoms with Crippen molar-refractivity contribution in [3.8, 4) is 11.5 Å². The van der Waals surface area contributed by atoms with Gasteiger partial charge in [0.2, 0.25) is 6.79 Å². The van der Waals surface area contributed by atoms with Gasteiger partial charge < -0.3 is 20.3 Å². The first-order chi connectivity index (χ1) is 7.76. The SMILES string of the molecule is CCC(CN)C(O)c1ccc2c(c1)OCO2. The van der Waals surface area contributed by atoms with E-state index in [2.05, 4.69) is 0 Å². The van der Waals surface area contributed by atoms with E-state index in [4.69, 9.17) is 15.2 Å². The Morgan fingerprint density at radius 2 is 2.12 bits per heavy atom. The molecule has 0 fully saturated rings. The number of nitrogens with two attached hydrogens (primary N) is 1. The van der Waals surface area contributed by atoms with Crippen molar-refractivity contribution in [1.29, 1.82) is 0 Å². The highest BCUT2D eigenvalue weighted by Crippen LogP contribution is 2.35. The van der Waals surface area contributed by atoms with Gasteiger partial charge >= 0.3 is 0 Å². The van der Waals surface area contributed by atoms with E-state index in [0.717, 1.165) is 17.7 Å². The van der Waals surface area contributed by atoms with Crippen LogP contribution in [-0.4, -0.2) is 18.4 Å². The van der Waals surface area contributed by atoms with Gasteiger partial charge in [0.05, 0.1) is 6.10 Å². The summed E-state index contributed by atoms with van der Waals surface area (Å²) in [7, 11) is 0. The zero-order chi connectivity index (χ0) is 11.5. The van der Waals surface area contributed by atoms with Gasteiger partial charge in [-0.25, -0.2) is 0 Å². The maximum atomic E-state index is 10.1. The van der Waals surface area contributed by atoms with Crippen LogP contribution >= 0.6 is 0 Å². The molecule has 0 saturated heterocycles. The summed E-state index contributed by atoms with van der Waals surface area (Å²) in [6.07, 6.45) is 0.316. The summed E-state index contributed by atoms with van der Waals surface area (Å²) < 4.78 is 10.5. The molecule has 1 aromatic rings. The number of aliphatic hydroxyl groups is 1. The standard InChI is InChI=1S/C12H17NO3/c1-2-8(6-13)12(14)9-3-4-10-11(5-9)16-7-15-10/h3-5,8,12,14H,2,6-7,13H2,1H3. The van der Waals surface area contributed by atoms with Gasteiger partial charge in [0.15, 0.2) is 11.5 Å². The van der Waals surface area contributed by atoms with Gasteiger partial charge in [-0.05, 0) is 30.7 Å². The maximum Gasteiger partial charge on any atom is 0.231 e. The zero-order valence-electron chi connectivity index (χ0n) is 9.35. The van der Waals surface area contributed by atoms with E-state index >= 15 is 0 Å². The highest BCUT2D eigenvalue weighted by molar-refractivity contribution is 5.45. The summed E-state index contributed by atoms with van der Waals surface area (Å²) in [4.78, 5) is 0. The minimum atomic E-state index is -0.538. The fraction of sp³-hybridized carbons (Fsp3) is 0.500. The largest absolute Gasteiger partial charge is 0.454 e. The lowest BCUT2D eigenvalue weighted by molar-refractivity contribution is 0.110. The van der Waals surface area contributed by atoms with Crippen LogP contribution in [0.25, 0.3) is 0 Å². The van der Waals surface area contributed by atoms with Crippen molar-refractivity contribution >= 4 is 0 Å².